The van der Waals surface area contributed by atoms with Crippen molar-refractivity contribution in [2.24, 2.45) is 0 Å². The number of hydrogen-bond donors (Lipinski definition) is 2. The number of rotatable bonds is 4. The number of H-pyrrole nitrogens is 1. The molecule has 3 rings (SSSR count). The fourth-order valence-corrected chi connectivity index (χ4v) is 2.83. The Morgan fingerprint density at radius 3 is 2.79 bits per heavy atom. The van der Waals surface area contributed by atoms with Gasteiger partial charge in [0.2, 0.25) is 11.8 Å². The SMILES string of the molecule is O=C1CC(NCc2nn[nH]n2)C(=O)N1C1CCCC1. The number of hydrogen-bond acceptors (Lipinski definition) is 6. The molecule has 1 aliphatic heterocycles. The minimum atomic E-state index is -0.452. The molecule has 2 fully saturated rings. The number of carbonyl (C=O) groups is 2. The van der Waals surface area contributed by atoms with Gasteiger partial charge in [0.05, 0.1) is 19.0 Å². The predicted octanol–water partition coefficient (Wildman–Crippen LogP) is -0.641. The number of nitrogens with zero attached hydrogens (tertiary/aromatic N) is 4. The van der Waals surface area contributed by atoms with Crippen LogP contribution in [0.15, 0.2) is 0 Å². The van der Waals surface area contributed by atoms with E-state index in [4.69, 9.17) is 0 Å². The lowest BCUT2D eigenvalue weighted by Gasteiger charge is -2.22. The topological polar surface area (TPSA) is 104 Å². The molecule has 1 aliphatic carbocycles. The highest BCUT2D eigenvalue weighted by Gasteiger charge is 2.42. The maximum Gasteiger partial charge on any atom is 0.247 e. The Bertz CT molecular complexity index is 468. The quantitative estimate of drug-likeness (QED) is 0.701. The van der Waals surface area contributed by atoms with E-state index in [9.17, 15) is 9.59 Å². The zero-order valence-electron chi connectivity index (χ0n) is 10.5. The Labute approximate surface area is 109 Å². The summed E-state index contributed by atoms with van der Waals surface area (Å²) in [7, 11) is 0. The van der Waals surface area contributed by atoms with Crippen LogP contribution in [0.3, 0.4) is 0 Å². The first-order chi connectivity index (χ1) is 9.25. The highest BCUT2D eigenvalue weighted by atomic mass is 16.2. The summed E-state index contributed by atoms with van der Waals surface area (Å²) < 4.78 is 0. The molecule has 8 heteroatoms. The Kier molecular flexibility index (Phi) is 3.24. The number of nitrogens with one attached hydrogen (secondary N) is 2. The molecule has 1 unspecified atom stereocenters. The van der Waals surface area contributed by atoms with E-state index in [1.807, 2.05) is 0 Å². The summed E-state index contributed by atoms with van der Waals surface area (Å²) in [6.07, 6.45) is 4.31. The molecule has 2 aliphatic rings. The smallest absolute Gasteiger partial charge is 0.247 e. The Morgan fingerprint density at radius 1 is 1.32 bits per heavy atom. The molecule has 1 atom stereocenters. The van der Waals surface area contributed by atoms with Crippen LogP contribution in [0.2, 0.25) is 0 Å². The summed E-state index contributed by atoms with van der Waals surface area (Å²) in [5.74, 6) is 0.308. The highest BCUT2D eigenvalue weighted by molar-refractivity contribution is 6.05. The molecule has 8 nitrogen and oxygen atoms in total. The Balaban J connectivity index is 1.61. The summed E-state index contributed by atoms with van der Waals surface area (Å²) in [4.78, 5) is 25.7. The number of aromatic nitrogens is 4. The molecule has 1 saturated heterocycles. The zero-order chi connectivity index (χ0) is 13.2. The van der Waals surface area contributed by atoms with Crippen molar-refractivity contribution < 1.29 is 9.59 Å². The Hall–Kier alpha value is -1.83. The zero-order valence-corrected chi connectivity index (χ0v) is 10.5. The summed E-state index contributed by atoms with van der Waals surface area (Å²) in [5, 5.41) is 16.4. The van der Waals surface area contributed by atoms with Gasteiger partial charge >= 0.3 is 0 Å². The lowest BCUT2D eigenvalue weighted by atomic mass is 10.2. The number of amides is 2. The molecule has 0 aromatic carbocycles. The lowest BCUT2D eigenvalue weighted by Crippen LogP contribution is -2.42. The fraction of sp³-hybridized carbons (Fsp3) is 0.727. The second-order valence-electron chi connectivity index (χ2n) is 5.01. The normalized spacial score (nSPS) is 24.6. The molecule has 2 amide bonds. The first-order valence-corrected chi connectivity index (χ1v) is 6.57. The van der Waals surface area contributed by atoms with Gasteiger partial charge in [-0.3, -0.25) is 19.8 Å². The first-order valence-electron chi connectivity index (χ1n) is 6.57. The van der Waals surface area contributed by atoms with Gasteiger partial charge in [0.1, 0.15) is 0 Å². The summed E-state index contributed by atoms with van der Waals surface area (Å²) >= 11 is 0. The van der Waals surface area contributed by atoms with E-state index in [1.54, 1.807) is 0 Å². The van der Waals surface area contributed by atoms with Crippen LogP contribution in [0.25, 0.3) is 0 Å². The number of tetrazole rings is 1. The van der Waals surface area contributed by atoms with Gasteiger partial charge in [-0.15, -0.1) is 10.2 Å². The second-order valence-corrected chi connectivity index (χ2v) is 5.01. The van der Waals surface area contributed by atoms with E-state index in [2.05, 4.69) is 25.9 Å². The van der Waals surface area contributed by atoms with Crippen molar-refractivity contribution in [2.75, 3.05) is 0 Å². The van der Waals surface area contributed by atoms with Crippen LogP contribution in [-0.4, -0.2) is 49.4 Å². The van der Waals surface area contributed by atoms with E-state index in [1.165, 1.54) is 4.90 Å². The van der Waals surface area contributed by atoms with Gasteiger partial charge in [-0.25, -0.2) is 0 Å². The third-order valence-corrected chi connectivity index (χ3v) is 3.77. The lowest BCUT2D eigenvalue weighted by molar-refractivity contribution is -0.141. The average Bonchev–Trinajstić information content (AvgIpc) is 3.09. The van der Waals surface area contributed by atoms with E-state index < -0.39 is 6.04 Å². The molecule has 1 saturated carbocycles. The third kappa shape index (κ3) is 2.35. The van der Waals surface area contributed by atoms with Crippen LogP contribution < -0.4 is 5.32 Å². The minimum absolute atomic E-state index is 0.0671. The fourth-order valence-electron chi connectivity index (χ4n) is 2.83. The standard InChI is InChI=1S/C11H16N6O2/c18-10-5-8(12-6-9-13-15-16-14-9)11(19)17(10)7-3-1-2-4-7/h7-8,12H,1-6H2,(H,13,14,15,16). The van der Waals surface area contributed by atoms with Crippen molar-refractivity contribution in [2.45, 2.75) is 50.7 Å². The molecule has 1 aromatic rings. The monoisotopic (exact) mass is 264 g/mol. The summed E-state index contributed by atoms with van der Waals surface area (Å²) in [6.45, 7) is 0.332. The number of aromatic amines is 1. The Morgan fingerprint density at radius 2 is 2.11 bits per heavy atom. The van der Waals surface area contributed by atoms with Crippen molar-refractivity contribution in [3.05, 3.63) is 5.82 Å². The number of imide groups is 1. The molecule has 19 heavy (non-hydrogen) atoms. The van der Waals surface area contributed by atoms with Gasteiger partial charge in [0.25, 0.3) is 0 Å². The second kappa shape index (κ2) is 5.04. The van der Waals surface area contributed by atoms with E-state index in [-0.39, 0.29) is 24.3 Å². The van der Waals surface area contributed by atoms with Gasteiger partial charge < -0.3 is 0 Å². The maximum absolute atomic E-state index is 12.2. The van der Waals surface area contributed by atoms with Crippen LogP contribution in [0.4, 0.5) is 0 Å². The van der Waals surface area contributed by atoms with Crippen LogP contribution in [-0.2, 0) is 16.1 Å². The van der Waals surface area contributed by atoms with Crippen molar-refractivity contribution in [3.63, 3.8) is 0 Å². The molecule has 0 spiro atoms. The molecule has 0 bridgehead atoms. The average molecular weight is 264 g/mol. The first kappa shape index (κ1) is 12.2. The number of carbonyl (C=O) groups excluding carboxylic acids is 2. The number of likely N-dealkylation sites (tertiary alicyclic amines) is 1. The third-order valence-electron chi connectivity index (χ3n) is 3.77. The van der Waals surface area contributed by atoms with E-state index in [0.29, 0.717) is 12.4 Å². The van der Waals surface area contributed by atoms with Crippen molar-refractivity contribution in [1.82, 2.24) is 30.8 Å². The van der Waals surface area contributed by atoms with E-state index in [0.717, 1.165) is 25.7 Å². The highest BCUT2D eigenvalue weighted by Crippen LogP contribution is 2.28. The van der Waals surface area contributed by atoms with Crippen molar-refractivity contribution in [1.29, 1.82) is 0 Å². The maximum atomic E-state index is 12.2. The summed E-state index contributed by atoms with van der Waals surface area (Å²) in [6, 6.07) is -0.344. The predicted molar refractivity (Wildman–Crippen MR) is 63.5 cm³/mol. The van der Waals surface area contributed by atoms with Gasteiger partial charge in [-0.1, -0.05) is 18.1 Å². The van der Waals surface area contributed by atoms with Gasteiger partial charge in [-0.2, -0.15) is 5.21 Å². The molecular weight excluding hydrogens is 248 g/mol. The van der Waals surface area contributed by atoms with Crippen molar-refractivity contribution in [3.8, 4) is 0 Å². The van der Waals surface area contributed by atoms with Crippen LogP contribution in [0, 0.1) is 0 Å². The molecular formula is C11H16N6O2. The largest absolute Gasteiger partial charge is 0.298 e. The molecule has 102 valence electrons. The van der Waals surface area contributed by atoms with Crippen LogP contribution in [0.1, 0.15) is 37.9 Å². The van der Waals surface area contributed by atoms with Crippen molar-refractivity contribution >= 4 is 11.8 Å². The summed E-state index contributed by atoms with van der Waals surface area (Å²) in [5.41, 5.74) is 0. The van der Waals surface area contributed by atoms with Crippen LogP contribution >= 0.6 is 0 Å². The van der Waals surface area contributed by atoms with Gasteiger partial charge in [0.15, 0.2) is 5.82 Å². The van der Waals surface area contributed by atoms with Gasteiger partial charge in [0, 0.05) is 6.04 Å². The van der Waals surface area contributed by atoms with Crippen LogP contribution in [0.5, 0.6) is 0 Å². The molecule has 1 aromatic heterocycles. The van der Waals surface area contributed by atoms with E-state index >= 15 is 0 Å². The molecule has 0 radical (unpaired) electrons. The molecule has 2 N–H and O–H groups in total. The van der Waals surface area contributed by atoms with Gasteiger partial charge in [-0.05, 0) is 12.8 Å². The minimum Gasteiger partial charge on any atom is -0.298 e. The molecule has 2 heterocycles.